The van der Waals surface area contributed by atoms with Crippen molar-refractivity contribution in [2.45, 2.75) is 44.6 Å². The van der Waals surface area contributed by atoms with Crippen LogP contribution in [0.1, 0.15) is 39.0 Å². The SMILES string of the molecule is CC1(O)CCN(CCCCCC(=O)O)C1. The van der Waals surface area contributed by atoms with E-state index in [1.165, 1.54) is 0 Å². The van der Waals surface area contributed by atoms with Crippen LogP contribution in [0.5, 0.6) is 0 Å². The minimum atomic E-state index is -0.709. The largest absolute Gasteiger partial charge is 0.481 e. The molecule has 0 aromatic carbocycles. The minimum Gasteiger partial charge on any atom is -0.481 e. The van der Waals surface area contributed by atoms with Gasteiger partial charge in [0.1, 0.15) is 0 Å². The zero-order valence-electron chi connectivity index (χ0n) is 9.41. The van der Waals surface area contributed by atoms with Crippen LogP contribution in [0.25, 0.3) is 0 Å². The molecule has 0 radical (unpaired) electrons. The fraction of sp³-hybridized carbons (Fsp3) is 0.909. The fourth-order valence-electron chi connectivity index (χ4n) is 2.02. The third-order valence-electron chi connectivity index (χ3n) is 2.90. The molecule has 1 heterocycles. The van der Waals surface area contributed by atoms with Gasteiger partial charge < -0.3 is 15.1 Å². The Morgan fingerprint density at radius 2 is 2.13 bits per heavy atom. The molecule has 2 N–H and O–H groups in total. The van der Waals surface area contributed by atoms with Crippen molar-refractivity contribution in [1.29, 1.82) is 0 Å². The van der Waals surface area contributed by atoms with Gasteiger partial charge in [-0.25, -0.2) is 0 Å². The van der Waals surface area contributed by atoms with Gasteiger partial charge in [-0.05, 0) is 32.7 Å². The second kappa shape index (κ2) is 5.47. The summed E-state index contributed by atoms with van der Waals surface area (Å²) in [5.41, 5.74) is -0.513. The molecular weight excluding hydrogens is 194 g/mol. The van der Waals surface area contributed by atoms with Crippen molar-refractivity contribution >= 4 is 5.97 Å². The number of likely N-dealkylation sites (tertiary alicyclic amines) is 1. The maximum absolute atomic E-state index is 10.3. The van der Waals surface area contributed by atoms with E-state index in [9.17, 15) is 9.90 Å². The Balaban J connectivity index is 1.99. The van der Waals surface area contributed by atoms with Crippen molar-refractivity contribution in [3.05, 3.63) is 0 Å². The molecule has 1 saturated heterocycles. The van der Waals surface area contributed by atoms with Crippen molar-refractivity contribution in [3.63, 3.8) is 0 Å². The second-order valence-corrected chi connectivity index (χ2v) is 4.73. The number of hydrogen-bond acceptors (Lipinski definition) is 3. The van der Waals surface area contributed by atoms with Crippen LogP contribution in [0.3, 0.4) is 0 Å². The highest BCUT2D eigenvalue weighted by atomic mass is 16.4. The van der Waals surface area contributed by atoms with Gasteiger partial charge in [-0.1, -0.05) is 6.42 Å². The first-order valence-corrected chi connectivity index (χ1v) is 5.66. The van der Waals surface area contributed by atoms with E-state index < -0.39 is 11.6 Å². The quantitative estimate of drug-likeness (QED) is 0.651. The van der Waals surface area contributed by atoms with Gasteiger partial charge in [-0.15, -0.1) is 0 Å². The Kier molecular flexibility index (Phi) is 4.54. The second-order valence-electron chi connectivity index (χ2n) is 4.73. The average molecular weight is 215 g/mol. The molecule has 4 heteroatoms. The highest BCUT2D eigenvalue weighted by Crippen LogP contribution is 2.20. The number of unbranched alkanes of at least 4 members (excludes halogenated alkanes) is 2. The maximum Gasteiger partial charge on any atom is 0.303 e. The number of nitrogens with zero attached hydrogens (tertiary/aromatic N) is 1. The van der Waals surface area contributed by atoms with E-state index in [1.54, 1.807) is 0 Å². The molecule has 0 aromatic heterocycles. The summed E-state index contributed by atoms with van der Waals surface area (Å²) in [6, 6.07) is 0. The van der Waals surface area contributed by atoms with Crippen molar-refractivity contribution in [3.8, 4) is 0 Å². The van der Waals surface area contributed by atoms with Crippen molar-refractivity contribution in [1.82, 2.24) is 4.90 Å². The summed E-state index contributed by atoms with van der Waals surface area (Å²) < 4.78 is 0. The zero-order valence-corrected chi connectivity index (χ0v) is 9.41. The van der Waals surface area contributed by atoms with E-state index in [0.29, 0.717) is 0 Å². The van der Waals surface area contributed by atoms with Gasteiger partial charge in [0.15, 0.2) is 0 Å². The summed E-state index contributed by atoms with van der Waals surface area (Å²) >= 11 is 0. The van der Waals surface area contributed by atoms with Crippen molar-refractivity contribution < 1.29 is 15.0 Å². The first-order valence-electron chi connectivity index (χ1n) is 5.66. The lowest BCUT2D eigenvalue weighted by atomic mass is 10.1. The molecule has 1 aliphatic rings. The number of β-amino-alcohol motifs (C(OH)–C–C–N with tert-alkyl or cyclic N) is 1. The highest BCUT2D eigenvalue weighted by molar-refractivity contribution is 5.66. The molecule has 0 aliphatic carbocycles. The molecule has 1 atom stereocenters. The summed E-state index contributed by atoms with van der Waals surface area (Å²) in [4.78, 5) is 12.5. The number of carboxylic acids is 1. The number of carbonyl (C=O) groups is 1. The summed E-state index contributed by atoms with van der Waals surface area (Å²) in [7, 11) is 0. The van der Waals surface area contributed by atoms with Gasteiger partial charge in [0, 0.05) is 19.5 Å². The first kappa shape index (κ1) is 12.5. The molecule has 1 aliphatic heterocycles. The Hall–Kier alpha value is -0.610. The maximum atomic E-state index is 10.3. The molecule has 0 bridgehead atoms. The topological polar surface area (TPSA) is 60.8 Å². The molecule has 0 spiro atoms. The lowest BCUT2D eigenvalue weighted by Gasteiger charge is -2.18. The predicted octanol–water partition coefficient (Wildman–Crippen LogP) is 1.09. The molecule has 88 valence electrons. The number of aliphatic hydroxyl groups is 1. The molecule has 1 unspecified atom stereocenters. The number of aliphatic carboxylic acids is 1. The lowest BCUT2D eigenvalue weighted by molar-refractivity contribution is -0.137. The molecule has 0 aromatic rings. The summed E-state index contributed by atoms with van der Waals surface area (Å²) in [5, 5.41) is 18.2. The monoisotopic (exact) mass is 215 g/mol. The van der Waals surface area contributed by atoms with E-state index in [0.717, 1.165) is 45.3 Å². The van der Waals surface area contributed by atoms with E-state index >= 15 is 0 Å². The van der Waals surface area contributed by atoms with Gasteiger partial charge in [-0.2, -0.15) is 0 Å². The van der Waals surface area contributed by atoms with Gasteiger partial charge in [0.05, 0.1) is 5.60 Å². The van der Waals surface area contributed by atoms with Gasteiger partial charge in [0.25, 0.3) is 0 Å². The molecular formula is C11H21NO3. The van der Waals surface area contributed by atoms with Crippen LogP contribution >= 0.6 is 0 Å². The fourth-order valence-corrected chi connectivity index (χ4v) is 2.02. The molecule has 1 fully saturated rings. The van der Waals surface area contributed by atoms with Crippen molar-refractivity contribution in [2.24, 2.45) is 0 Å². The Morgan fingerprint density at radius 3 is 2.67 bits per heavy atom. The van der Waals surface area contributed by atoms with Crippen molar-refractivity contribution in [2.75, 3.05) is 19.6 Å². The highest BCUT2D eigenvalue weighted by Gasteiger charge is 2.30. The smallest absolute Gasteiger partial charge is 0.303 e. The van der Waals surface area contributed by atoms with Crippen LogP contribution < -0.4 is 0 Å². The zero-order chi connectivity index (χ0) is 11.3. The van der Waals surface area contributed by atoms with Crippen LogP contribution in [-0.4, -0.2) is 46.3 Å². The van der Waals surface area contributed by atoms with E-state index in [-0.39, 0.29) is 6.42 Å². The van der Waals surface area contributed by atoms with Crippen LogP contribution in [0.4, 0.5) is 0 Å². The molecule has 4 nitrogen and oxygen atoms in total. The van der Waals surface area contributed by atoms with Crippen LogP contribution in [0.2, 0.25) is 0 Å². The minimum absolute atomic E-state index is 0.276. The lowest BCUT2D eigenvalue weighted by Crippen LogP contribution is -2.30. The number of hydrogen-bond donors (Lipinski definition) is 2. The number of rotatable bonds is 6. The molecule has 0 saturated carbocycles. The summed E-state index contributed by atoms with van der Waals surface area (Å²) in [5.74, 6) is -0.709. The Morgan fingerprint density at radius 1 is 1.40 bits per heavy atom. The first-order chi connectivity index (χ1) is 6.99. The van der Waals surface area contributed by atoms with Gasteiger partial charge in [0.2, 0.25) is 0 Å². The van der Waals surface area contributed by atoms with Gasteiger partial charge >= 0.3 is 5.97 Å². The third-order valence-corrected chi connectivity index (χ3v) is 2.90. The molecule has 0 amide bonds. The van der Waals surface area contributed by atoms with E-state index in [2.05, 4.69) is 4.90 Å². The molecule has 1 rings (SSSR count). The summed E-state index contributed by atoms with van der Waals surface area (Å²) in [6.07, 6.45) is 3.88. The van der Waals surface area contributed by atoms with E-state index in [4.69, 9.17) is 5.11 Å². The normalized spacial score (nSPS) is 27.1. The van der Waals surface area contributed by atoms with E-state index in [1.807, 2.05) is 6.92 Å². The Labute approximate surface area is 90.9 Å². The standard InChI is InChI=1S/C11H21NO3/c1-11(15)6-8-12(9-11)7-4-2-3-5-10(13)14/h15H,2-9H2,1H3,(H,13,14). The van der Waals surface area contributed by atoms with Gasteiger partial charge in [-0.3, -0.25) is 4.79 Å². The number of carboxylic acid groups (broad SMARTS) is 1. The van der Waals surface area contributed by atoms with Crippen LogP contribution in [0, 0.1) is 0 Å². The third kappa shape index (κ3) is 5.14. The summed E-state index contributed by atoms with van der Waals surface area (Å²) in [6.45, 7) is 4.57. The average Bonchev–Trinajstić information content (AvgIpc) is 2.44. The van der Waals surface area contributed by atoms with Crippen LogP contribution in [0.15, 0.2) is 0 Å². The molecule has 15 heavy (non-hydrogen) atoms. The Bertz CT molecular complexity index is 216. The van der Waals surface area contributed by atoms with Crippen LogP contribution in [-0.2, 0) is 4.79 Å². The predicted molar refractivity (Wildman–Crippen MR) is 57.8 cm³/mol.